The normalized spacial score (nSPS) is 20.3. The molecule has 1 aromatic rings. The molecule has 1 unspecified atom stereocenters. The van der Waals surface area contributed by atoms with Gasteiger partial charge in [-0.15, -0.1) is 0 Å². The summed E-state index contributed by atoms with van der Waals surface area (Å²) in [6.45, 7) is 6.09. The number of aliphatic hydroxyl groups excluding tert-OH is 1. The molecule has 0 aliphatic carbocycles. The highest BCUT2D eigenvalue weighted by Gasteiger charge is 2.22. The molecule has 1 fully saturated rings. The number of piperidine rings is 1. The minimum atomic E-state index is -0.174. The third-order valence-electron chi connectivity index (χ3n) is 4.35. The number of anilines is 1. The maximum atomic E-state index is 9.63. The number of hydrogen-bond acceptors (Lipinski definition) is 3. The van der Waals surface area contributed by atoms with Gasteiger partial charge in [-0.2, -0.15) is 0 Å². The first-order chi connectivity index (χ1) is 9.11. The molecule has 3 N–H and O–H groups in total. The first-order valence-corrected chi connectivity index (χ1v) is 7.40. The summed E-state index contributed by atoms with van der Waals surface area (Å²) in [5, 5.41) is 9.63. The predicted molar refractivity (Wildman–Crippen MR) is 80.3 cm³/mol. The summed E-state index contributed by atoms with van der Waals surface area (Å²) in [7, 11) is 0. The van der Waals surface area contributed by atoms with Crippen molar-refractivity contribution in [3.63, 3.8) is 0 Å². The van der Waals surface area contributed by atoms with Gasteiger partial charge in [0, 0.05) is 24.8 Å². The van der Waals surface area contributed by atoms with Crippen molar-refractivity contribution in [2.45, 2.75) is 45.3 Å². The number of hydrogen-bond donors (Lipinski definition) is 2. The predicted octanol–water partition coefficient (Wildman–Crippen LogP) is 2.69. The van der Waals surface area contributed by atoms with Crippen molar-refractivity contribution in [2.75, 3.05) is 18.0 Å². The van der Waals surface area contributed by atoms with E-state index in [4.69, 9.17) is 5.73 Å². The Bertz CT molecular complexity index is 380. The quantitative estimate of drug-likeness (QED) is 0.877. The van der Waals surface area contributed by atoms with E-state index in [0.717, 1.165) is 32.4 Å². The molecular formula is C16H26N2O. The van der Waals surface area contributed by atoms with Crippen molar-refractivity contribution in [1.82, 2.24) is 0 Å². The number of benzene rings is 1. The molecule has 0 saturated carbocycles. The van der Waals surface area contributed by atoms with Crippen LogP contribution in [0.3, 0.4) is 0 Å². The molecule has 1 aliphatic heterocycles. The van der Waals surface area contributed by atoms with Crippen molar-refractivity contribution in [3.8, 4) is 0 Å². The van der Waals surface area contributed by atoms with Gasteiger partial charge in [-0.05, 0) is 49.8 Å². The van der Waals surface area contributed by atoms with Crippen molar-refractivity contribution >= 4 is 5.69 Å². The smallest absolute Gasteiger partial charge is 0.0541 e. The lowest BCUT2D eigenvalue weighted by molar-refractivity contribution is 0.110. The van der Waals surface area contributed by atoms with Crippen LogP contribution in [-0.4, -0.2) is 24.3 Å². The van der Waals surface area contributed by atoms with Crippen LogP contribution in [0.2, 0.25) is 0 Å². The van der Waals surface area contributed by atoms with Gasteiger partial charge in [0.2, 0.25) is 0 Å². The number of aliphatic hydroxyl groups is 1. The van der Waals surface area contributed by atoms with Gasteiger partial charge < -0.3 is 15.7 Å². The Balaban J connectivity index is 1.96. The maximum absolute atomic E-state index is 9.63. The Hall–Kier alpha value is -1.06. The van der Waals surface area contributed by atoms with Gasteiger partial charge in [-0.25, -0.2) is 0 Å². The Morgan fingerprint density at radius 3 is 2.32 bits per heavy atom. The fraction of sp³-hybridized carbons (Fsp3) is 0.625. The van der Waals surface area contributed by atoms with Crippen molar-refractivity contribution in [3.05, 3.63) is 29.8 Å². The molecule has 0 amide bonds. The number of rotatable bonds is 4. The lowest BCUT2D eigenvalue weighted by atomic mass is 9.92. The summed E-state index contributed by atoms with van der Waals surface area (Å²) in [6.07, 6.45) is 2.95. The molecule has 1 saturated heterocycles. The first-order valence-electron chi connectivity index (χ1n) is 7.40. The molecule has 1 aliphatic rings. The molecule has 2 rings (SSSR count). The van der Waals surface area contributed by atoms with Crippen LogP contribution in [0.15, 0.2) is 24.3 Å². The van der Waals surface area contributed by atoms with Crippen LogP contribution in [0, 0.1) is 5.92 Å². The summed E-state index contributed by atoms with van der Waals surface area (Å²) in [5.74, 6) is 0.462. The molecule has 2 atom stereocenters. The molecule has 106 valence electrons. The van der Waals surface area contributed by atoms with Gasteiger partial charge in [0.1, 0.15) is 0 Å². The Morgan fingerprint density at radius 2 is 1.84 bits per heavy atom. The summed E-state index contributed by atoms with van der Waals surface area (Å²) in [5.41, 5.74) is 8.52. The molecule has 0 aromatic heterocycles. The molecule has 0 radical (unpaired) electrons. The Labute approximate surface area is 116 Å². The van der Waals surface area contributed by atoms with Crippen LogP contribution in [0.5, 0.6) is 0 Å². The van der Waals surface area contributed by atoms with E-state index >= 15 is 0 Å². The monoisotopic (exact) mass is 262 g/mol. The fourth-order valence-corrected chi connectivity index (χ4v) is 2.81. The van der Waals surface area contributed by atoms with E-state index in [-0.39, 0.29) is 12.1 Å². The van der Waals surface area contributed by atoms with E-state index in [0.29, 0.717) is 5.92 Å². The SMILES string of the molecule is CC[C@H](N)c1ccc(N2CCC(C(C)O)CC2)cc1. The van der Waals surface area contributed by atoms with Crippen molar-refractivity contribution in [1.29, 1.82) is 0 Å². The van der Waals surface area contributed by atoms with Crippen LogP contribution in [0.25, 0.3) is 0 Å². The van der Waals surface area contributed by atoms with Crippen LogP contribution in [0.1, 0.15) is 44.7 Å². The van der Waals surface area contributed by atoms with Gasteiger partial charge in [0.05, 0.1) is 6.10 Å². The Kier molecular flexibility index (Phi) is 4.83. The number of nitrogens with two attached hydrogens (primary N) is 1. The average molecular weight is 262 g/mol. The molecule has 3 nitrogen and oxygen atoms in total. The molecule has 1 aromatic carbocycles. The molecule has 0 spiro atoms. The van der Waals surface area contributed by atoms with E-state index in [1.807, 2.05) is 6.92 Å². The lowest BCUT2D eigenvalue weighted by Crippen LogP contribution is -2.37. The molecular weight excluding hydrogens is 236 g/mol. The second-order valence-electron chi connectivity index (χ2n) is 5.67. The van der Waals surface area contributed by atoms with Gasteiger partial charge in [0.25, 0.3) is 0 Å². The minimum absolute atomic E-state index is 0.148. The highest BCUT2D eigenvalue weighted by Crippen LogP contribution is 2.26. The number of nitrogens with zero attached hydrogens (tertiary/aromatic N) is 1. The van der Waals surface area contributed by atoms with E-state index < -0.39 is 0 Å². The zero-order valence-corrected chi connectivity index (χ0v) is 12.0. The third kappa shape index (κ3) is 3.48. The van der Waals surface area contributed by atoms with Crippen LogP contribution < -0.4 is 10.6 Å². The standard InChI is InChI=1S/C16H26N2O/c1-3-16(17)14-4-6-15(7-5-14)18-10-8-13(9-11-18)12(2)19/h4-7,12-13,16,19H,3,8-11,17H2,1-2H3/t12?,16-/m0/s1. The van der Waals surface area contributed by atoms with E-state index in [2.05, 4.69) is 36.1 Å². The Morgan fingerprint density at radius 1 is 1.26 bits per heavy atom. The van der Waals surface area contributed by atoms with Gasteiger partial charge in [-0.1, -0.05) is 19.1 Å². The summed E-state index contributed by atoms with van der Waals surface area (Å²) in [6, 6.07) is 8.78. The average Bonchev–Trinajstić information content (AvgIpc) is 2.46. The van der Waals surface area contributed by atoms with Crippen LogP contribution >= 0.6 is 0 Å². The lowest BCUT2D eigenvalue weighted by Gasteiger charge is -2.35. The minimum Gasteiger partial charge on any atom is -0.393 e. The van der Waals surface area contributed by atoms with E-state index in [1.165, 1.54) is 11.3 Å². The molecule has 1 heterocycles. The zero-order valence-electron chi connectivity index (χ0n) is 12.0. The van der Waals surface area contributed by atoms with Crippen LogP contribution in [-0.2, 0) is 0 Å². The topological polar surface area (TPSA) is 49.5 Å². The van der Waals surface area contributed by atoms with E-state index in [9.17, 15) is 5.11 Å². The molecule has 19 heavy (non-hydrogen) atoms. The van der Waals surface area contributed by atoms with Crippen molar-refractivity contribution in [2.24, 2.45) is 11.7 Å². The van der Waals surface area contributed by atoms with Crippen LogP contribution in [0.4, 0.5) is 5.69 Å². The maximum Gasteiger partial charge on any atom is 0.0541 e. The second kappa shape index (κ2) is 6.40. The van der Waals surface area contributed by atoms with Gasteiger partial charge in [-0.3, -0.25) is 0 Å². The fourth-order valence-electron chi connectivity index (χ4n) is 2.81. The summed E-state index contributed by atoms with van der Waals surface area (Å²) in [4.78, 5) is 2.40. The third-order valence-corrected chi connectivity index (χ3v) is 4.35. The summed E-state index contributed by atoms with van der Waals surface area (Å²) < 4.78 is 0. The molecule has 0 bridgehead atoms. The largest absolute Gasteiger partial charge is 0.393 e. The molecule has 3 heteroatoms. The summed E-state index contributed by atoms with van der Waals surface area (Å²) >= 11 is 0. The van der Waals surface area contributed by atoms with E-state index in [1.54, 1.807) is 0 Å². The van der Waals surface area contributed by atoms with Gasteiger partial charge >= 0.3 is 0 Å². The second-order valence-corrected chi connectivity index (χ2v) is 5.67. The zero-order chi connectivity index (χ0) is 13.8. The first kappa shape index (κ1) is 14.4. The highest BCUT2D eigenvalue weighted by atomic mass is 16.3. The van der Waals surface area contributed by atoms with Crippen molar-refractivity contribution < 1.29 is 5.11 Å². The highest BCUT2D eigenvalue weighted by molar-refractivity contribution is 5.48. The van der Waals surface area contributed by atoms with Gasteiger partial charge in [0.15, 0.2) is 0 Å².